The zero-order valence-corrected chi connectivity index (χ0v) is 21.6. The van der Waals surface area contributed by atoms with E-state index >= 15 is 0 Å². The lowest BCUT2D eigenvalue weighted by Gasteiger charge is -2.34. The molecule has 0 radical (unpaired) electrons. The Morgan fingerprint density at radius 1 is 0.838 bits per heavy atom. The number of hydrogen-bond donors (Lipinski definition) is 1. The molecule has 0 saturated carbocycles. The van der Waals surface area contributed by atoms with Gasteiger partial charge in [0.25, 0.3) is 0 Å². The Balaban J connectivity index is 1.46. The predicted molar refractivity (Wildman–Crippen MR) is 141 cm³/mol. The van der Waals surface area contributed by atoms with E-state index in [9.17, 15) is 4.79 Å². The Morgan fingerprint density at radius 2 is 1.49 bits per heavy atom. The average Bonchev–Trinajstić information content (AvgIpc) is 2.94. The van der Waals surface area contributed by atoms with Crippen LogP contribution in [0.1, 0.15) is 5.56 Å². The zero-order valence-electron chi connectivity index (χ0n) is 21.6. The minimum Gasteiger partial charge on any atom is -0.493 e. The van der Waals surface area contributed by atoms with Crippen LogP contribution in [0.25, 0.3) is 17.0 Å². The minimum absolute atomic E-state index is 0.104. The molecular weight excluding hydrogens is 478 g/mol. The van der Waals surface area contributed by atoms with Crippen molar-refractivity contribution in [1.82, 2.24) is 14.9 Å². The number of benzene rings is 2. The molecule has 11 nitrogen and oxygen atoms in total. The van der Waals surface area contributed by atoms with E-state index < -0.39 is 0 Å². The summed E-state index contributed by atoms with van der Waals surface area (Å²) in [4.78, 5) is 25.9. The lowest BCUT2D eigenvalue weighted by molar-refractivity contribution is -0.126. The fourth-order valence-electron chi connectivity index (χ4n) is 4.26. The van der Waals surface area contributed by atoms with Crippen LogP contribution < -0.4 is 34.3 Å². The van der Waals surface area contributed by atoms with Gasteiger partial charge < -0.3 is 39.2 Å². The van der Waals surface area contributed by atoms with E-state index in [1.165, 1.54) is 6.08 Å². The molecule has 0 bridgehead atoms. The Bertz CT molecular complexity index is 1320. The van der Waals surface area contributed by atoms with Gasteiger partial charge in [0.2, 0.25) is 17.6 Å². The molecule has 2 aromatic carbocycles. The molecule has 196 valence electrons. The molecule has 0 spiro atoms. The van der Waals surface area contributed by atoms with Crippen LogP contribution >= 0.6 is 0 Å². The number of rotatable bonds is 8. The summed E-state index contributed by atoms with van der Waals surface area (Å²) in [6.07, 6.45) is 3.24. The SMILES string of the molecule is COc1cc2nc(N3CCN(C(=O)/C=C/c4ccc(OC)c(OC)c4OC)CC3)nc(N)c2cc1OC. The topological polar surface area (TPSA) is 122 Å². The highest BCUT2D eigenvalue weighted by atomic mass is 16.5. The Kier molecular flexibility index (Phi) is 7.71. The van der Waals surface area contributed by atoms with Crippen molar-refractivity contribution in [3.8, 4) is 28.7 Å². The van der Waals surface area contributed by atoms with E-state index in [4.69, 9.17) is 29.4 Å². The van der Waals surface area contributed by atoms with Gasteiger partial charge in [0.05, 0.1) is 41.1 Å². The van der Waals surface area contributed by atoms with Gasteiger partial charge in [0.15, 0.2) is 23.0 Å². The van der Waals surface area contributed by atoms with E-state index in [-0.39, 0.29) is 5.91 Å². The molecule has 1 aliphatic heterocycles. The van der Waals surface area contributed by atoms with Gasteiger partial charge in [0, 0.05) is 49.3 Å². The van der Waals surface area contributed by atoms with Crippen LogP contribution in [0.3, 0.4) is 0 Å². The fraction of sp³-hybridized carbons (Fsp3) is 0.346. The number of aromatic nitrogens is 2. The first-order valence-corrected chi connectivity index (χ1v) is 11.6. The Labute approximate surface area is 215 Å². The number of carbonyl (C=O) groups excluding carboxylic acids is 1. The first-order chi connectivity index (χ1) is 17.9. The van der Waals surface area contributed by atoms with Crippen molar-refractivity contribution >= 4 is 34.7 Å². The predicted octanol–water partition coefficient (Wildman–Crippen LogP) is 2.62. The summed E-state index contributed by atoms with van der Waals surface area (Å²) < 4.78 is 27.0. The number of hydrogen-bond acceptors (Lipinski definition) is 10. The van der Waals surface area contributed by atoms with Crippen molar-refractivity contribution in [2.75, 3.05) is 72.4 Å². The maximum absolute atomic E-state index is 12.9. The molecule has 1 saturated heterocycles. The van der Waals surface area contributed by atoms with Gasteiger partial charge in [-0.3, -0.25) is 4.79 Å². The first kappa shape index (κ1) is 25.7. The summed E-state index contributed by atoms with van der Waals surface area (Å²) in [7, 11) is 7.78. The summed E-state index contributed by atoms with van der Waals surface area (Å²) in [5.41, 5.74) is 7.60. The molecule has 11 heteroatoms. The third kappa shape index (κ3) is 5.11. The number of nitrogens with two attached hydrogens (primary N) is 1. The fourth-order valence-corrected chi connectivity index (χ4v) is 4.26. The molecule has 2 heterocycles. The van der Waals surface area contributed by atoms with Crippen LogP contribution in [0.15, 0.2) is 30.3 Å². The zero-order chi connectivity index (χ0) is 26.5. The largest absolute Gasteiger partial charge is 0.493 e. The van der Waals surface area contributed by atoms with Gasteiger partial charge in [0.1, 0.15) is 5.82 Å². The van der Waals surface area contributed by atoms with Crippen LogP contribution in [-0.2, 0) is 4.79 Å². The van der Waals surface area contributed by atoms with E-state index in [2.05, 4.69) is 9.97 Å². The molecule has 0 aliphatic carbocycles. The minimum atomic E-state index is -0.104. The number of carbonyl (C=O) groups is 1. The van der Waals surface area contributed by atoms with E-state index in [0.29, 0.717) is 83.2 Å². The second kappa shape index (κ2) is 11.1. The van der Waals surface area contributed by atoms with Gasteiger partial charge >= 0.3 is 0 Å². The molecule has 1 amide bonds. The first-order valence-electron chi connectivity index (χ1n) is 11.6. The van der Waals surface area contributed by atoms with Crippen molar-refractivity contribution in [2.45, 2.75) is 0 Å². The van der Waals surface area contributed by atoms with E-state index in [1.807, 2.05) is 11.0 Å². The molecule has 37 heavy (non-hydrogen) atoms. The second-order valence-electron chi connectivity index (χ2n) is 8.20. The number of amides is 1. The molecule has 0 unspecified atom stereocenters. The summed E-state index contributed by atoms with van der Waals surface area (Å²) in [5.74, 6) is 3.40. The third-order valence-electron chi connectivity index (χ3n) is 6.23. The lowest BCUT2D eigenvalue weighted by Crippen LogP contribution is -2.48. The van der Waals surface area contributed by atoms with Gasteiger partial charge in [-0.2, -0.15) is 4.98 Å². The standard InChI is InChI=1S/C26H31N5O6/c1-33-19-8-6-16(23(36-4)24(19)37-5)7-9-22(32)30-10-12-31(13-11-30)26-28-18-15-21(35-3)20(34-2)14-17(18)25(27)29-26/h6-9,14-15H,10-13H2,1-5H3,(H2,27,28,29)/b9-7+. The highest BCUT2D eigenvalue weighted by molar-refractivity contribution is 5.93. The van der Waals surface area contributed by atoms with E-state index in [1.54, 1.807) is 64.7 Å². The Morgan fingerprint density at radius 3 is 2.11 bits per heavy atom. The smallest absolute Gasteiger partial charge is 0.246 e. The van der Waals surface area contributed by atoms with Crippen LogP contribution in [0.5, 0.6) is 28.7 Å². The second-order valence-corrected chi connectivity index (χ2v) is 8.20. The molecule has 3 aromatic rings. The van der Waals surface area contributed by atoms with E-state index in [0.717, 1.165) is 0 Å². The average molecular weight is 510 g/mol. The highest BCUT2D eigenvalue weighted by Gasteiger charge is 2.23. The van der Waals surface area contributed by atoms with Gasteiger partial charge in [-0.25, -0.2) is 4.98 Å². The van der Waals surface area contributed by atoms with Crippen LogP contribution in [0.4, 0.5) is 11.8 Å². The number of nitrogens with zero attached hydrogens (tertiary/aromatic N) is 4. The quantitative estimate of drug-likeness (QED) is 0.454. The van der Waals surface area contributed by atoms with Crippen molar-refractivity contribution < 1.29 is 28.5 Å². The number of fused-ring (bicyclic) bond motifs is 1. The van der Waals surface area contributed by atoms with Crippen LogP contribution in [0, 0.1) is 0 Å². The Hall–Kier alpha value is -4.41. The molecule has 1 fully saturated rings. The molecule has 4 rings (SSSR count). The summed E-state index contributed by atoms with van der Waals surface area (Å²) in [6, 6.07) is 7.13. The third-order valence-corrected chi connectivity index (χ3v) is 6.23. The van der Waals surface area contributed by atoms with Crippen molar-refractivity contribution in [3.05, 3.63) is 35.9 Å². The van der Waals surface area contributed by atoms with Gasteiger partial charge in [-0.1, -0.05) is 0 Å². The number of piperazine rings is 1. The number of anilines is 2. The monoisotopic (exact) mass is 509 g/mol. The van der Waals surface area contributed by atoms with Crippen molar-refractivity contribution in [2.24, 2.45) is 0 Å². The maximum atomic E-state index is 12.9. The lowest BCUT2D eigenvalue weighted by atomic mass is 10.1. The summed E-state index contributed by atoms with van der Waals surface area (Å²) in [5, 5.41) is 0.686. The normalized spacial score (nSPS) is 13.6. The molecular formula is C26H31N5O6. The van der Waals surface area contributed by atoms with Crippen molar-refractivity contribution in [1.29, 1.82) is 0 Å². The van der Waals surface area contributed by atoms with Gasteiger partial charge in [-0.05, 0) is 24.3 Å². The summed E-state index contributed by atoms with van der Waals surface area (Å²) >= 11 is 0. The molecule has 1 aliphatic rings. The van der Waals surface area contributed by atoms with Crippen LogP contribution in [-0.4, -0.2) is 82.5 Å². The number of methoxy groups -OCH3 is 5. The van der Waals surface area contributed by atoms with Crippen molar-refractivity contribution in [3.63, 3.8) is 0 Å². The van der Waals surface area contributed by atoms with Crippen LogP contribution in [0.2, 0.25) is 0 Å². The van der Waals surface area contributed by atoms with Gasteiger partial charge in [-0.15, -0.1) is 0 Å². The molecule has 0 atom stereocenters. The molecule has 1 aromatic heterocycles. The molecule has 2 N–H and O–H groups in total. The number of ether oxygens (including phenoxy) is 5. The maximum Gasteiger partial charge on any atom is 0.246 e. The summed E-state index contributed by atoms with van der Waals surface area (Å²) in [6.45, 7) is 2.16. The highest BCUT2D eigenvalue weighted by Crippen LogP contribution is 2.40. The number of nitrogen functional groups attached to an aromatic ring is 1.